The van der Waals surface area contributed by atoms with Crippen molar-refractivity contribution < 1.29 is 9.90 Å². The molecule has 2 rings (SSSR count). The van der Waals surface area contributed by atoms with E-state index in [0.717, 1.165) is 10.7 Å². The van der Waals surface area contributed by atoms with E-state index in [9.17, 15) is 9.90 Å². The van der Waals surface area contributed by atoms with Gasteiger partial charge in [0.25, 0.3) is 5.91 Å². The lowest BCUT2D eigenvalue weighted by atomic mass is 10.3. The van der Waals surface area contributed by atoms with E-state index in [1.165, 1.54) is 23.6 Å². The predicted octanol–water partition coefficient (Wildman–Crippen LogP) is 1.48. The summed E-state index contributed by atoms with van der Waals surface area (Å²) in [7, 11) is 0. The molecule has 88 valence electrons. The number of thiazole rings is 1. The Hall–Kier alpha value is -1.95. The highest BCUT2D eigenvalue weighted by Crippen LogP contribution is 2.13. The average molecular weight is 249 g/mol. The number of pyridine rings is 1. The number of rotatable bonds is 3. The number of aromatic nitrogens is 2. The van der Waals surface area contributed by atoms with Crippen LogP contribution in [0.1, 0.15) is 21.2 Å². The van der Waals surface area contributed by atoms with Gasteiger partial charge in [0.2, 0.25) is 0 Å². The minimum absolute atomic E-state index is 0.0285. The standard InChI is InChI=1S/C11H11N3O2S/c1-7-6-17-9(14-7)5-13-11(16)10-8(15)3-2-4-12-10/h2-4,6,15H,5H2,1H3,(H,13,16). The first kappa shape index (κ1) is 11.5. The number of carbonyl (C=O) groups excluding carboxylic acids is 1. The second kappa shape index (κ2) is 4.92. The maximum Gasteiger partial charge on any atom is 0.274 e. The predicted molar refractivity (Wildman–Crippen MR) is 63.9 cm³/mol. The van der Waals surface area contributed by atoms with E-state index >= 15 is 0 Å². The van der Waals surface area contributed by atoms with Gasteiger partial charge >= 0.3 is 0 Å². The first-order chi connectivity index (χ1) is 8.16. The summed E-state index contributed by atoms with van der Waals surface area (Å²) < 4.78 is 0. The number of aryl methyl sites for hydroxylation is 1. The molecule has 0 spiro atoms. The number of hydrogen-bond donors (Lipinski definition) is 2. The quantitative estimate of drug-likeness (QED) is 0.864. The van der Waals surface area contributed by atoms with E-state index < -0.39 is 5.91 Å². The molecule has 1 amide bonds. The van der Waals surface area contributed by atoms with Gasteiger partial charge in [-0.05, 0) is 19.1 Å². The van der Waals surface area contributed by atoms with E-state index in [4.69, 9.17) is 0 Å². The molecule has 0 fully saturated rings. The van der Waals surface area contributed by atoms with Crippen molar-refractivity contribution in [3.05, 3.63) is 40.1 Å². The summed E-state index contributed by atoms with van der Waals surface area (Å²) in [6.45, 7) is 2.24. The lowest BCUT2D eigenvalue weighted by Gasteiger charge is -2.03. The van der Waals surface area contributed by atoms with E-state index in [1.807, 2.05) is 12.3 Å². The molecular weight excluding hydrogens is 238 g/mol. The molecule has 0 atom stereocenters. The van der Waals surface area contributed by atoms with Crippen LogP contribution in [0.2, 0.25) is 0 Å². The van der Waals surface area contributed by atoms with Crippen LogP contribution in [0.4, 0.5) is 0 Å². The average Bonchev–Trinajstić information content (AvgIpc) is 2.73. The van der Waals surface area contributed by atoms with Crippen molar-refractivity contribution >= 4 is 17.2 Å². The van der Waals surface area contributed by atoms with Gasteiger partial charge in [-0.15, -0.1) is 11.3 Å². The summed E-state index contributed by atoms with van der Waals surface area (Å²) >= 11 is 1.48. The Balaban J connectivity index is 2.01. The van der Waals surface area contributed by atoms with Crippen LogP contribution in [0.25, 0.3) is 0 Å². The van der Waals surface area contributed by atoms with Crippen molar-refractivity contribution in [2.75, 3.05) is 0 Å². The monoisotopic (exact) mass is 249 g/mol. The minimum atomic E-state index is -0.407. The molecule has 6 heteroatoms. The number of aromatic hydroxyl groups is 1. The normalized spacial score (nSPS) is 10.2. The summed E-state index contributed by atoms with van der Waals surface area (Å²) in [6, 6.07) is 2.99. The summed E-state index contributed by atoms with van der Waals surface area (Å²) in [5.74, 6) is -0.531. The topological polar surface area (TPSA) is 75.1 Å². The van der Waals surface area contributed by atoms with Gasteiger partial charge in [0.05, 0.1) is 6.54 Å². The molecule has 0 aliphatic rings. The van der Waals surface area contributed by atoms with Crippen LogP contribution >= 0.6 is 11.3 Å². The molecule has 2 aromatic heterocycles. The number of carbonyl (C=O) groups is 1. The molecular formula is C11H11N3O2S. The van der Waals surface area contributed by atoms with Gasteiger partial charge in [-0.1, -0.05) is 0 Å². The third-order valence-corrected chi connectivity index (χ3v) is 3.03. The van der Waals surface area contributed by atoms with E-state index in [-0.39, 0.29) is 11.4 Å². The van der Waals surface area contributed by atoms with Gasteiger partial charge in [0, 0.05) is 17.3 Å². The van der Waals surface area contributed by atoms with Crippen molar-refractivity contribution in [1.82, 2.24) is 15.3 Å². The summed E-state index contributed by atoms with van der Waals surface area (Å²) in [6.07, 6.45) is 1.46. The molecule has 0 bridgehead atoms. The van der Waals surface area contributed by atoms with Gasteiger partial charge in [0.15, 0.2) is 5.69 Å². The zero-order valence-electron chi connectivity index (χ0n) is 9.17. The maximum atomic E-state index is 11.7. The highest BCUT2D eigenvalue weighted by Gasteiger charge is 2.12. The Morgan fingerprint density at radius 3 is 3.06 bits per heavy atom. The van der Waals surface area contributed by atoms with Gasteiger partial charge in [-0.2, -0.15) is 0 Å². The molecule has 2 heterocycles. The highest BCUT2D eigenvalue weighted by atomic mass is 32.1. The van der Waals surface area contributed by atoms with Crippen molar-refractivity contribution in [3.8, 4) is 5.75 Å². The van der Waals surface area contributed by atoms with Gasteiger partial charge < -0.3 is 10.4 Å². The summed E-state index contributed by atoms with van der Waals surface area (Å²) in [4.78, 5) is 19.7. The summed E-state index contributed by atoms with van der Waals surface area (Å²) in [5.41, 5.74) is 0.959. The van der Waals surface area contributed by atoms with Gasteiger partial charge in [-0.3, -0.25) is 4.79 Å². The molecule has 0 radical (unpaired) electrons. The molecule has 0 saturated carbocycles. The second-order valence-electron chi connectivity index (χ2n) is 3.44. The molecule has 17 heavy (non-hydrogen) atoms. The zero-order chi connectivity index (χ0) is 12.3. The Bertz CT molecular complexity index is 539. The van der Waals surface area contributed by atoms with E-state index in [1.54, 1.807) is 6.07 Å². The zero-order valence-corrected chi connectivity index (χ0v) is 9.99. The molecule has 0 saturated heterocycles. The third-order valence-electron chi connectivity index (χ3n) is 2.07. The first-order valence-corrected chi connectivity index (χ1v) is 5.88. The van der Waals surface area contributed by atoms with Crippen molar-refractivity contribution in [3.63, 3.8) is 0 Å². The fraction of sp³-hybridized carbons (Fsp3) is 0.182. The molecule has 2 N–H and O–H groups in total. The third kappa shape index (κ3) is 2.79. The molecule has 0 unspecified atom stereocenters. The van der Waals surface area contributed by atoms with E-state index in [0.29, 0.717) is 6.54 Å². The Morgan fingerprint density at radius 2 is 2.41 bits per heavy atom. The molecule has 2 aromatic rings. The number of nitrogens with zero attached hydrogens (tertiary/aromatic N) is 2. The van der Waals surface area contributed by atoms with Crippen molar-refractivity contribution in [1.29, 1.82) is 0 Å². The largest absolute Gasteiger partial charge is 0.505 e. The van der Waals surface area contributed by atoms with Crippen LogP contribution in [0.3, 0.4) is 0 Å². The smallest absolute Gasteiger partial charge is 0.274 e. The molecule has 0 aromatic carbocycles. The highest BCUT2D eigenvalue weighted by molar-refractivity contribution is 7.09. The maximum absolute atomic E-state index is 11.7. The van der Waals surface area contributed by atoms with Gasteiger partial charge in [-0.25, -0.2) is 9.97 Å². The van der Waals surface area contributed by atoms with Crippen LogP contribution in [0, 0.1) is 6.92 Å². The minimum Gasteiger partial charge on any atom is -0.505 e. The Labute approximate surface area is 102 Å². The van der Waals surface area contributed by atoms with Crippen LogP contribution in [0.15, 0.2) is 23.7 Å². The van der Waals surface area contributed by atoms with Crippen molar-refractivity contribution in [2.24, 2.45) is 0 Å². The van der Waals surface area contributed by atoms with E-state index in [2.05, 4.69) is 15.3 Å². The van der Waals surface area contributed by atoms with Crippen molar-refractivity contribution in [2.45, 2.75) is 13.5 Å². The fourth-order valence-electron chi connectivity index (χ4n) is 1.30. The molecule has 5 nitrogen and oxygen atoms in total. The lowest BCUT2D eigenvalue weighted by Crippen LogP contribution is -2.23. The lowest BCUT2D eigenvalue weighted by molar-refractivity contribution is 0.0943. The van der Waals surface area contributed by atoms with Crippen LogP contribution in [0.5, 0.6) is 5.75 Å². The fourth-order valence-corrected chi connectivity index (χ4v) is 2.01. The van der Waals surface area contributed by atoms with Crippen LogP contribution < -0.4 is 5.32 Å². The second-order valence-corrected chi connectivity index (χ2v) is 4.38. The van der Waals surface area contributed by atoms with Gasteiger partial charge in [0.1, 0.15) is 10.8 Å². The number of hydrogen-bond acceptors (Lipinski definition) is 5. The first-order valence-electron chi connectivity index (χ1n) is 5.00. The van der Waals surface area contributed by atoms with Crippen LogP contribution in [-0.4, -0.2) is 21.0 Å². The summed E-state index contributed by atoms with van der Waals surface area (Å²) in [5, 5.41) is 14.8. The Morgan fingerprint density at radius 1 is 1.59 bits per heavy atom. The van der Waals surface area contributed by atoms with Crippen LogP contribution in [-0.2, 0) is 6.54 Å². The SMILES string of the molecule is Cc1csc(CNC(=O)c2ncccc2O)n1. The molecule has 0 aliphatic carbocycles. The number of nitrogens with one attached hydrogen (secondary N) is 1. The Kier molecular flexibility index (Phi) is 3.34. The number of amides is 1. The molecule has 0 aliphatic heterocycles.